The summed E-state index contributed by atoms with van der Waals surface area (Å²) in [6.45, 7) is 1.80. The van der Waals surface area contributed by atoms with Gasteiger partial charge in [-0.25, -0.2) is 4.39 Å². The van der Waals surface area contributed by atoms with Crippen molar-refractivity contribution in [3.8, 4) is 0 Å². The monoisotopic (exact) mass is 453 g/mol. The average molecular weight is 454 g/mol. The number of carbonyl (C=O) groups is 2. The summed E-state index contributed by atoms with van der Waals surface area (Å²) in [6, 6.07) is 19.7. The van der Waals surface area contributed by atoms with Crippen LogP contribution in [0, 0.1) is 11.7 Å². The molecule has 1 aliphatic heterocycles. The predicted octanol–water partition coefficient (Wildman–Crippen LogP) is 5.43. The number of hydrogen-bond acceptors (Lipinski definition) is 4. The van der Waals surface area contributed by atoms with Crippen LogP contribution < -0.4 is 5.32 Å². The number of aliphatic imine (C=N–C) groups is 1. The van der Waals surface area contributed by atoms with Gasteiger partial charge < -0.3 is 5.32 Å². The molecule has 1 unspecified atom stereocenters. The molecule has 5 rings (SSSR count). The van der Waals surface area contributed by atoms with E-state index >= 15 is 0 Å². The highest BCUT2D eigenvalue weighted by molar-refractivity contribution is 6.13. The van der Waals surface area contributed by atoms with E-state index in [1.54, 1.807) is 37.5 Å². The number of aromatic nitrogens is 1. The number of nitrogens with one attached hydrogen (secondary N) is 1. The topological polar surface area (TPSA) is 71.4 Å². The van der Waals surface area contributed by atoms with Crippen LogP contribution in [-0.2, 0) is 9.59 Å². The highest BCUT2D eigenvalue weighted by Gasteiger charge is 2.44. The molecule has 34 heavy (non-hydrogen) atoms. The maximum Gasteiger partial charge on any atom is 0.234 e. The number of para-hydroxylation sites is 1. The predicted molar refractivity (Wildman–Crippen MR) is 129 cm³/mol. The number of hydrogen-bond donors (Lipinski definition) is 1. The number of benzene rings is 2. The van der Waals surface area contributed by atoms with E-state index in [-0.39, 0.29) is 17.4 Å². The zero-order chi connectivity index (χ0) is 23.7. The number of halogens is 1. The molecule has 2 aromatic carbocycles. The smallest absolute Gasteiger partial charge is 0.234 e. The Hall–Kier alpha value is -3.93. The molecule has 170 valence electrons. The minimum absolute atomic E-state index is 0.0103. The van der Waals surface area contributed by atoms with Crippen molar-refractivity contribution in [3.63, 3.8) is 0 Å². The minimum Gasteiger partial charge on any atom is -0.323 e. The normalized spacial score (nSPS) is 22.1. The number of ketones is 1. The number of allylic oxidation sites excluding steroid dienone is 2. The molecule has 1 N–H and O–H groups in total. The van der Waals surface area contributed by atoms with Gasteiger partial charge in [-0.2, -0.15) is 0 Å². The van der Waals surface area contributed by atoms with Crippen molar-refractivity contribution < 1.29 is 14.0 Å². The number of rotatable bonds is 4. The van der Waals surface area contributed by atoms with Gasteiger partial charge in [0, 0.05) is 41.7 Å². The lowest BCUT2D eigenvalue weighted by Crippen LogP contribution is -2.40. The van der Waals surface area contributed by atoms with Gasteiger partial charge in [0.05, 0.1) is 11.6 Å². The zero-order valence-corrected chi connectivity index (χ0v) is 18.7. The standard InChI is InChI=1S/C28H24FN3O2/c1-17-25(28(34)32-22-12-6-5-11-21(22)29)26(19-10-7-13-30-16-19)27-23(31-17)14-20(15-24(27)33)18-8-3-2-4-9-18/h2-13,16,20,25-26H,14-15H2,1H3,(H,32,34)/t20-,25?,26+/m0/s1. The summed E-state index contributed by atoms with van der Waals surface area (Å²) in [5.41, 5.74) is 3.87. The van der Waals surface area contributed by atoms with Gasteiger partial charge in [0.2, 0.25) is 5.91 Å². The molecular weight excluding hydrogens is 429 g/mol. The van der Waals surface area contributed by atoms with E-state index in [0.29, 0.717) is 24.1 Å². The summed E-state index contributed by atoms with van der Waals surface area (Å²) in [6.07, 6.45) is 4.33. The number of pyridine rings is 1. The van der Waals surface area contributed by atoms with Crippen LogP contribution in [0.25, 0.3) is 0 Å². The first-order chi connectivity index (χ1) is 16.5. The average Bonchev–Trinajstić information content (AvgIpc) is 2.85. The molecule has 2 aliphatic rings. The van der Waals surface area contributed by atoms with E-state index in [4.69, 9.17) is 4.99 Å². The van der Waals surface area contributed by atoms with Crippen molar-refractivity contribution in [2.45, 2.75) is 31.6 Å². The van der Waals surface area contributed by atoms with E-state index in [1.165, 1.54) is 12.1 Å². The van der Waals surface area contributed by atoms with E-state index in [2.05, 4.69) is 10.3 Å². The highest BCUT2D eigenvalue weighted by atomic mass is 19.1. The largest absolute Gasteiger partial charge is 0.323 e. The Morgan fingerprint density at radius 2 is 1.71 bits per heavy atom. The van der Waals surface area contributed by atoms with Crippen LogP contribution in [0.1, 0.15) is 42.7 Å². The van der Waals surface area contributed by atoms with Gasteiger partial charge in [0.15, 0.2) is 5.78 Å². The lowest BCUT2D eigenvalue weighted by molar-refractivity contribution is -0.119. The van der Waals surface area contributed by atoms with Crippen LogP contribution in [0.3, 0.4) is 0 Å². The van der Waals surface area contributed by atoms with Crippen molar-refractivity contribution >= 4 is 23.1 Å². The maximum absolute atomic E-state index is 14.3. The quantitative estimate of drug-likeness (QED) is 0.572. The van der Waals surface area contributed by atoms with Crippen LogP contribution >= 0.6 is 0 Å². The summed E-state index contributed by atoms with van der Waals surface area (Å²) in [4.78, 5) is 36.0. The molecule has 0 radical (unpaired) electrons. The minimum atomic E-state index is -0.750. The molecule has 5 nitrogen and oxygen atoms in total. The number of amides is 1. The van der Waals surface area contributed by atoms with E-state index in [0.717, 1.165) is 16.8 Å². The molecule has 2 heterocycles. The summed E-state index contributed by atoms with van der Waals surface area (Å²) in [5, 5.41) is 2.71. The number of carbonyl (C=O) groups excluding carboxylic acids is 2. The zero-order valence-electron chi connectivity index (χ0n) is 18.7. The SMILES string of the molecule is CC1=NC2=C(C(=O)C[C@@H](c3ccccc3)C2)[C@H](c2cccnc2)C1C(=O)Nc1ccccc1F. The van der Waals surface area contributed by atoms with Crippen LogP contribution in [0.2, 0.25) is 0 Å². The van der Waals surface area contributed by atoms with Gasteiger partial charge >= 0.3 is 0 Å². The molecule has 1 amide bonds. The van der Waals surface area contributed by atoms with Gasteiger partial charge in [-0.1, -0.05) is 48.5 Å². The Kier molecular flexibility index (Phi) is 5.88. The van der Waals surface area contributed by atoms with Crippen LogP contribution in [0.15, 0.2) is 95.4 Å². The summed E-state index contributed by atoms with van der Waals surface area (Å²) < 4.78 is 14.3. The van der Waals surface area contributed by atoms with Crippen molar-refractivity contribution in [2.24, 2.45) is 10.9 Å². The first-order valence-corrected chi connectivity index (χ1v) is 11.3. The molecule has 3 aromatic rings. The molecule has 3 atom stereocenters. The maximum atomic E-state index is 14.3. The molecule has 1 aliphatic carbocycles. The third-order valence-electron chi connectivity index (χ3n) is 6.62. The third kappa shape index (κ3) is 4.07. The van der Waals surface area contributed by atoms with Crippen LogP contribution in [-0.4, -0.2) is 22.4 Å². The van der Waals surface area contributed by atoms with Crippen molar-refractivity contribution in [3.05, 3.63) is 107 Å². The number of anilines is 1. The third-order valence-corrected chi connectivity index (χ3v) is 6.62. The van der Waals surface area contributed by atoms with Gasteiger partial charge in [0.25, 0.3) is 0 Å². The van der Waals surface area contributed by atoms with E-state index in [1.807, 2.05) is 36.4 Å². The van der Waals surface area contributed by atoms with Crippen LogP contribution in [0.4, 0.5) is 10.1 Å². The Bertz CT molecular complexity index is 1300. The Labute approximate surface area is 197 Å². The first-order valence-electron chi connectivity index (χ1n) is 11.3. The Balaban J connectivity index is 1.55. The highest BCUT2D eigenvalue weighted by Crippen LogP contribution is 2.46. The van der Waals surface area contributed by atoms with E-state index in [9.17, 15) is 14.0 Å². The first kappa shape index (κ1) is 21.9. The van der Waals surface area contributed by atoms with Crippen molar-refractivity contribution in [2.75, 3.05) is 5.32 Å². The van der Waals surface area contributed by atoms with Gasteiger partial charge in [-0.05, 0) is 48.6 Å². The van der Waals surface area contributed by atoms with Crippen molar-refractivity contribution in [1.29, 1.82) is 0 Å². The van der Waals surface area contributed by atoms with Gasteiger partial charge in [0.1, 0.15) is 5.82 Å². The summed E-state index contributed by atoms with van der Waals surface area (Å²) >= 11 is 0. The molecule has 6 heteroatoms. The molecule has 1 aromatic heterocycles. The fourth-order valence-electron chi connectivity index (χ4n) is 5.05. The second-order valence-electron chi connectivity index (χ2n) is 8.76. The van der Waals surface area contributed by atoms with Gasteiger partial charge in [-0.15, -0.1) is 0 Å². The second-order valence-corrected chi connectivity index (χ2v) is 8.76. The Morgan fingerprint density at radius 3 is 2.44 bits per heavy atom. The van der Waals surface area contributed by atoms with Gasteiger partial charge in [-0.3, -0.25) is 19.6 Å². The number of Topliss-reactive ketones (excluding diaryl/α,β-unsaturated/α-hetero) is 1. The molecule has 0 bridgehead atoms. The van der Waals surface area contributed by atoms with E-state index < -0.39 is 23.6 Å². The molecular formula is C28H24FN3O2. The molecule has 0 spiro atoms. The lowest BCUT2D eigenvalue weighted by atomic mass is 9.69. The number of nitrogens with zero attached hydrogens (tertiary/aromatic N) is 2. The molecule has 0 saturated carbocycles. The fourth-order valence-corrected chi connectivity index (χ4v) is 5.05. The lowest BCUT2D eigenvalue weighted by Gasteiger charge is -2.36. The Morgan fingerprint density at radius 1 is 0.971 bits per heavy atom. The van der Waals surface area contributed by atoms with Crippen LogP contribution in [0.5, 0.6) is 0 Å². The molecule has 0 saturated heterocycles. The summed E-state index contributed by atoms with van der Waals surface area (Å²) in [5.74, 6) is -2.16. The summed E-state index contributed by atoms with van der Waals surface area (Å²) in [7, 11) is 0. The molecule has 0 fully saturated rings. The van der Waals surface area contributed by atoms with Crippen molar-refractivity contribution in [1.82, 2.24) is 4.98 Å². The fraction of sp³-hybridized carbons (Fsp3) is 0.214. The second kappa shape index (κ2) is 9.14.